The number of benzene rings is 1. The lowest BCUT2D eigenvalue weighted by Crippen LogP contribution is -2.28. The summed E-state index contributed by atoms with van der Waals surface area (Å²) in [5.41, 5.74) is -0.450. The monoisotopic (exact) mass is 292 g/mol. The minimum Gasteiger partial charge on any atom is -0.491 e. The van der Waals surface area contributed by atoms with Crippen LogP contribution in [0.1, 0.15) is 40.0 Å². The number of carbonyl (C=O) groups is 1. The quantitative estimate of drug-likeness (QED) is 0.417. The van der Waals surface area contributed by atoms with Crippen LogP contribution in [-0.4, -0.2) is 25.3 Å². The molecular weight excluding hydrogens is 268 g/mol. The molecule has 1 atom stereocenters. The SMILES string of the molecule is CCCCC(C)(C)C(=O)Oc1ccc(OC[C@@H]2CO2)cc1. The first-order chi connectivity index (χ1) is 10.0. The predicted molar refractivity (Wildman–Crippen MR) is 80.6 cm³/mol. The summed E-state index contributed by atoms with van der Waals surface area (Å²) < 4.78 is 16.1. The largest absolute Gasteiger partial charge is 0.491 e. The maximum atomic E-state index is 12.2. The fourth-order valence-corrected chi connectivity index (χ4v) is 1.92. The van der Waals surface area contributed by atoms with E-state index in [0.29, 0.717) is 12.4 Å². The van der Waals surface area contributed by atoms with Gasteiger partial charge in [0.2, 0.25) is 0 Å². The molecule has 1 fully saturated rings. The van der Waals surface area contributed by atoms with Crippen LogP contribution in [0.2, 0.25) is 0 Å². The molecule has 116 valence electrons. The van der Waals surface area contributed by atoms with Gasteiger partial charge < -0.3 is 14.2 Å². The molecule has 0 N–H and O–H groups in total. The third-order valence-electron chi connectivity index (χ3n) is 3.58. The van der Waals surface area contributed by atoms with Gasteiger partial charge in [-0.15, -0.1) is 0 Å². The number of hydrogen-bond donors (Lipinski definition) is 0. The van der Waals surface area contributed by atoms with Gasteiger partial charge in [0, 0.05) is 0 Å². The van der Waals surface area contributed by atoms with Crippen LogP contribution in [0.4, 0.5) is 0 Å². The summed E-state index contributed by atoms with van der Waals surface area (Å²) >= 11 is 0. The van der Waals surface area contributed by atoms with E-state index >= 15 is 0 Å². The maximum absolute atomic E-state index is 12.2. The highest BCUT2D eigenvalue weighted by atomic mass is 16.6. The fraction of sp³-hybridized carbons (Fsp3) is 0.588. The second-order valence-electron chi connectivity index (χ2n) is 6.11. The second-order valence-corrected chi connectivity index (χ2v) is 6.11. The van der Waals surface area contributed by atoms with Crippen molar-refractivity contribution in [2.75, 3.05) is 13.2 Å². The van der Waals surface area contributed by atoms with E-state index in [1.807, 2.05) is 26.0 Å². The van der Waals surface area contributed by atoms with Crippen LogP contribution in [0.3, 0.4) is 0 Å². The van der Waals surface area contributed by atoms with E-state index in [0.717, 1.165) is 31.6 Å². The van der Waals surface area contributed by atoms with Gasteiger partial charge in [0.25, 0.3) is 0 Å². The van der Waals surface area contributed by atoms with Crippen LogP contribution in [0.25, 0.3) is 0 Å². The van der Waals surface area contributed by atoms with E-state index in [2.05, 4.69) is 6.92 Å². The predicted octanol–water partition coefficient (Wildman–Crippen LogP) is 3.59. The van der Waals surface area contributed by atoms with Gasteiger partial charge in [-0.05, 0) is 44.5 Å². The van der Waals surface area contributed by atoms with Crippen molar-refractivity contribution >= 4 is 5.97 Å². The van der Waals surface area contributed by atoms with Gasteiger partial charge in [0.05, 0.1) is 12.0 Å². The summed E-state index contributed by atoms with van der Waals surface area (Å²) in [6, 6.07) is 7.14. The van der Waals surface area contributed by atoms with Crippen molar-refractivity contribution in [3.8, 4) is 11.5 Å². The third-order valence-corrected chi connectivity index (χ3v) is 3.58. The summed E-state index contributed by atoms with van der Waals surface area (Å²) in [4.78, 5) is 12.2. The lowest BCUT2D eigenvalue weighted by Gasteiger charge is -2.22. The zero-order chi connectivity index (χ0) is 15.3. The maximum Gasteiger partial charge on any atom is 0.316 e. The summed E-state index contributed by atoms with van der Waals surface area (Å²) in [5, 5.41) is 0. The molecule has 4 nitrogen and oxygen atoms in total. The molecule has 0 amide bonds. The van der Waals surface area contributed by atoms with Gasteiger partial charge >= 0.3 is 5.97 Å². The molecule has 1 aliphatic rings. The average molecular weight is 292 g/mol. The Hall–Kier alpha value is -1.55. The standard InChI is InChI=1S/C17H24O4/c1-4-5-10-17(2,3)16(18)21-14-8-6-13(7-9-14)19-11-15-12-20-15/h6-9,15H,4-5,10-12H2,1-3H3/t15-/m1/s1. The Bertz CT molecular complexity index is 460. The molecule has 21 heavy (non-hydrogen) atoms. The molecule has 1 heterocycles. The zero-order valence-electron chi connectivity index (χ0n) is 13.1. The van der Waals surface area contributed by atoms with Crippen LogP contribution < -0.4 is 9.47 Å². The molecule has 0 unspecified atom stereocenters. The van der Waals surface area contributed by atoms with Gasteiger partial charge in [-0.25, -0.2) is 0 Å². The molecule has 1 aromatic rings. The Kier molecular flexibility index (Phi) is 5.23. The van der Waals surface area contributed by atoms with Crippen molar-refractivity contribution in [1.82, 2.24) is 0 Å². The number of rotatable bonds is 8. The highest BCUT2D eigenvalue weighted by Gasteiger charge is 2.29. The normalized spacial score (nSPS) is 17.4. The van der Waals surface area contributed by atoms with Gasteiger partial charge in [-0.3, -0.25) is 4.79 Å². The number of carbonyl (C=O) groups excluding carboxylic acids is 1. The molecule has 4 heteroatoms. The van der Waals surface area contributed by atoms with Crippen LogP contribution in [0.5, 0.6) is 11.5 Å². The highest BCUT2D eigenvalue weighted by Crippen LogP contribution is 2.27. The Morgan fingerprint density at radius 2 is 1.90 bits per heavy atom. The van der Waals surface area contributed by atoms with Crippen molar-refractivity contribution < 1.29 is 19.0 Å². The Balaban J connectivity index is 1.85. The number of epoxide rings is 1. The second kappa shape index (κ2) is 6.94. The zero-order valence-corrected chi connectivity index (χ0v) is 13.1. The lowest BCUT2D eigenvalue weighted by molar-refractivity contribution is -0.144. The topological polar surface area (TPSA) is 48.1 Å². The molecule has 0 aromatic heterocycles. The molecule has 0 saturated carbocycles. The van der Waals surface area contributed by atoms with Crippen LogP contribution in [-0.2, 0) is 9.53 Å². The van der Waals surface area contributed by atoms with Crippen LogP contribution in [0.15, 0.2) is 24.3 Å². The van der Waals surface area contributed by atoms with E-state index < -0.39 is 5.41 Å². The van der Waals surface area contributed by atoms with Crippen molar-refractivity contribution in [3.05, 3.63) is 24.3 Å². The summed E-state index contributed by atoms with van der Waals surface area (Å²) in [6.45, 7) is 7.33. The molecule has 1 aromatic carbocycles. The van der Waals surface area contributed by atoms with Crippen molar-refractivity contribution in [3.63, 3.8) is 0 Å². The number of hydrogen-bond acceptors (Lipinski definition) is 4. The summed E-state index contributed by atoms with van der Waals surface area (Å²) in [6.07, 6.45) is 3.18. The average Bonchev–Trinajstić information content (AvgIpc) is 3.28. The number of esters is 1. The van der Waals surface area contributed by atoms with E-state index in [9.17, 15) is 4.79 Å². The molecule has 2 rings (SSSR count). The molecule has 0 bridgehead atoms. The Labute approximate surface area is 126 Å². The van der Waals surface area contributed by atoms with E-state index in [-0.39, 0.29) is 12.1 Å². The highest BCUT2D eigenvalue weighted by molar-refractivity contribution is 5.78. The van der Waals surface area contributed by atoms with Gasteiger partial charge in [0.15, 0.2) is 0 Å². The third kappa shape index (κ3) is 5.05. The first-order valence-electron chi connectivity index (χ1n) is 7.58. The molecule has 1 saturated heterocycles. The first-order valence-corrected chi connectivity index (χ1v) is 7.58. The minimum absolute atomic E-state index is 0.184. The van der Waals surface area contributed by atoms with E-state index in [1.54, 1.807) is 12.1 Å². The van der Waals surface area contributed by atoms with Crippen molar-refractivity contribution in [1.29, 1.82) is 0 Å². The van der Waals surface area contributed by atoms with Crippen molar-refractivity contribution in [2.45, 2.75) is 46.1 Å². The molecule has 0 radical (unpaired) electrons. The van der Waals surface area contributed by atoms with Gasteiger partial charge in [-0.1, -0.05) is 19.8 Å². The summed E-state index contributed by atoms with van der Waals surface area (Å²) in [5.74, 6) is 1.13. The van der Waals surface area contributed by atoms with Crippen LogP contribution >= 0.6 is 0 Å². The molecule has 0 aliphatic carbocycles. The smallest absolute Gasteiger partial charge is 0.316 e. The van der Waals surface area contributed by atoms with Gasteiger partial charge in [0.1, 0.15) is 24.2 Å². The fourth-order valence-electron chi connectivity index (χ4n) is 1.92. The molecule has 0 spiro atoms. The van der Waals surface area contributed by atoms with Crippen LogP contribution in [0, 0.1) is 5.41 Å². The Morgan fingerprint density at radius 1 is 1.29 bits per heavy atom. The Morgan fingerprint density at radius 3 is 2.48 bits per heavy atom. The van der Waals surface area contributed by atoms with Crippen molar-refractivity contribution in [2.24, 2.45) is 5.41 Å². The minimum atomic E-state index is -0.450. The van der Waals surface area contributed by atoms with E-state index in [4.69, 9.17) is 14.2 Å². The molecule has 1 aliphatic heterocycles. The van der Waals surface area contributed by atoms with E-state index in [1.165, 1.54) is 0 Å². The van der Waals surface area contributed by atoms with Gasteiger partial charge in [-0.2, -0.15) is 0 Å². The lowest BCUT2D eigenvalue weighted by atomic mass is 9.87. The first kappa shape index (κ1) is 15.8. The number of unbranched alkanes of at least 4 members (excludes halogenated alkanes) is 1. The number of ether oxygens (including phenoxy) is 3. The molecular formula is C17H24O4. The summed E-state index contributed by atoms with van der Waals surface area (Å²) in [7, 11) is 0.